The van der Waals surface area contributed by atoms with E-state index in [0.717, 1.165) is 25.5 Å². The highest BCUT2D eigenvalue weighted by Gasteiger charge is 2.30. The number of rotatable bonds is 0. The summed E-state index contributed by atoms with van der Waals surface area (Å²) in [5.74, 6) is 1.11. The molecule has 1 N–H and O–H groups in total. The van der Waals surface area contributed by atoms with Gasteiger partial charge in [-0.2, -0.15) is 0 Å². The molecule has 0 unspecified atom stereocenters. The average molecular weight is 205 g/mol. The van der Waals surface area contributed by atoms with E-state index in [1.54, 1.807) is 0 Å². The standard InChI is InChI=1S/C12H19N3/c1-12(2)5-4-9-10(8-12)15-7-3-6-13-11(15)14-9/h3-8H2,1-2H3,(H,13,14). The van der Waals surface area contributed by atoms with Gasteiger partial charge in [-0.05, 0) is 31.1 Å². The number of hydrogen-bond acceptors (Lipinski definition) is 2. The molecule has 0 fully saturated rings. The van der Waals surface area contributed by atoms with E-state index in [4.69, 9.17) is 4.98 Å². The topological polar surface area (TPSA) is 29.9 Å². The van der Waals surface area contributed by atoms with E-state index in [1.807, 2.05) is 0 Å². The predicted molar refractivity (Wildman–Crippen MR) is 61.1 cm³/mol. The van der Waals surface area contributed by atoms with E-state index in [9.17, 15) is 0 Å². The van der Waals surface area contributed by atoms with Crippen LogP contribution in [0.15, 0.2) is 0 Å². The summed E-state index contributed by atoms with van der Waals surface area (Å²) >= 11 is 0. The van der Waals surface area contributed by atoms with Crippen LogP contribution in [0, 0.1) is 5.41 Å². The second-order valence-corrected chi connectivity index (χ2v) is 5.60. The Bertz CT molecular complexity index is 390. The Morgan fingerprint density at radius 3 is 3.13 bits per heavy atom. The molecule has 2 heterocycles. The van der Waals surface area contributed by atoms with Crippen LogP contribution >= 0.6 is 0 Å². The Kier molecular flexibility index (Phi) is 1.85. The maximum absolute atomic E-state index is 4.71. The fourth-order valence-corrected chi connectivity index (χ4v) is 2.75. The molecule has 2 aliphatic rings. The first-order valence-electron chi connectivity index (χ1n) is 5.98. The second kappa shape index (κ2) is 3.00. The van der Waals surface area contributed by atoms with Gasteiger partial charge in [-0.1, -0.05) is 13.8 Å². The number of aryl methyl sites for hydroxylation is 1. The molecule has 3 nitrogen and oxygen atoms in total. The van der Waals surface area contributed by atoms with E-state index >= 15 is 0 Å². The molecule has 0 saturated carbocycles. The SMILES string of the molecule is CC1(C)CCc2nc3n(c2C1)CCCN3. The van der Waals surface area contributed by atoms with Crippen molar-refractivity contribution < 1.29 is 0 Å². The number of hydrogen-bond donors (Lipinski definition) is 1. The van der Waals surface area contributed by atoms with Crippen LogP contribution in [-0.4, -0.2) is 16.1 Å². The van der Waals surface area contributed by atoms with Gasteiger partial charge in [0.25, 0.3) is 0 Å². The van der Waals surface area contributed by atoms with Crippen LogP contribution in [0.25, 0.3) is 0 Å². The highest BCUT2D eigenvalue weighted by molar-refractivity contribution is 5.37. The lowest BCUT2D eigenvalue weighted by Crippen LogP contribution is -2.25. The van der Waals surface area contributed by atoms with E-state index in [2.05, 4.69) is 23.7 Å². The van der Waals surface area contributed by atoms with Gasteiger partial charge in [-0.25, -0.2) is 4.98 Å². The molecule has 0 radical (unpaired) electrons. The number of nitrogens with one attached hydrogen (secondary N) is 1. The average Bonchev–Trinajstić information content (AvgIpc) is 2.55. The molecular weight excluding hydrogens is 186 g/mol. The van der Waals surface area contributed by atoms with Crippen molar-refractivity contribution in [2.45, 2.75) is 46.1 Å². The van der Waals surface area contributed by atoms with Crippen LogP contribution < -0.4 is 5.32 Å². The number of imidazole rings is 1. The van der Waals surface area contributed by atoms with Gasteiger partial charge in [-0.15, -0.1) is 0 Å². The molecule has 1 aliphatic heterocycles. The summed E-state index contributed by atoms with van der Waals surface area (Å²) in [6, 6.07) is 0. The van der Waals surface area contributed by atoms with Crippen molar-refractivity contribution in [3.63, 3.8) is 0 Å². The quantitative estimate of drug-likeness (QED) is 0.703. The summed E-state index contributed by atoms with van der Waals surface area (Å²) < 4.78 is 2.40. The fraction of sp³-hybridized carbons (Fsp3) is 0.750. The minimum Gasteiger partial charge on any atom is -0.356 e. The fourth-order valence-electron chi connectivity index (χ4n) is 2.75. The molecule has 0 saturated heterocycles. The molecule has 3 rings (SSSR count). The van der Waals surface area contributed by atoms with Gasteiger partial charge >= 0.3 is 0 Å². The molecule has 3 heteroatoms. The van der Waals surface area contributed by atoms with Gasteiger partial charge in [0.15, 0.2) is 0 Å². The first kappa shape index (κ1) is 9.25. The van der Waals surface area contributed by atoms with Gasteiger partial charge in [0.05, 0.1) is 5.69 Å². The summed E-state index contributed by atoms with van der Waals surface area (Å²) in [6.45, 7) is 6.97. The minimum atomic E-state index is 0.460. The first-order valence-corrected chi connectivity index (χ1v) is 5.98. The molecule has 15 heavy (non-hydrogen) atoms. The van der Waals surface area contributed by atoms with Crippen molar-refractivity contribution >= 4 is 5.95 Å². The van der Waals surface area contributed by atoms with E-state index in [-0.39, 0.29) is 0 Å². The third-order valence-corrected chi connectivity index (χ3v) is 3.68. The Balaban J connectivity index is 2.04. The predicted octanol–water partition coefficient (Wildman–Crippen LogP) is 2.21. The molecule has 82 valence electrons. The Morgan fingerprint density at radius 1 is 1.40 bits per heavy atom. The minimum absolute atomic E-state index is 0.460. The summed E-state index contributed by atoms with van der Waals surface area (Å²) in [4.78, 5) is 4.71. The van der Waals surface area contributed by atoms with E-state index in [1.165, 1.54) is 30.7 Å². The largest absolute Gasteiger partial charge is 0.356 e. The molecule has 0 spiro atoms. The van der Waals surface area contributed by atoms with Crippen molar-refractivity contribution in [3.8, 4) is 0 Å². The number of anilines is 1. The monoisotopic (exact) mass is 205 g/mol. The summed E-state index contributed by atoms with van der Waals surface area (Å²) in [5, 5.41) is 3.40. The maximum Gasteiger partial charge on any atom is 0.203 e. The van der Waals surface area contributed by atoms with Gasteiger partial charge in [0, 0.05) is 18.8 Å². The Morgan fingerprint density at radius 2 is 2.27 bits per heavy atom. The van der Waals surface area contributed by atoms with Crippen molar-refractivity contribution in [2.24, 2.45) is 5.41 Å². The lowest BCUT2D eigenvalue weighted by molar-refractivity contribution is 0.304. The van der Waals surface area contributed by atoms with Crippen LogP contribution in [0.3, 0.4) is 0 Å². The van der Waals surface area contributed by atoms with Gasteiger partial charge in [0.2, 0.25) is 5.95 Å². The Hall–Kier alpha value is -0.990. The highest BCUT2D eigenvalue weighted by atomic mass is 15.2. The van der Waals surface area contributed by atoms with Gasteiger partial charge < -0.3 is 9.88 Å². The van der Waals surface area contributed by atoms with Crippen LogP contribution in [0.1, 0.15) is 38.1 Å². The van der Waals surface area contributed by atoms with Crippen molar-refractivity contribution in [3.05, 3.63) is 11.4 Å². The number of fused-ring (bicyclic) bond motifs is 3. The summed E-state index contributed by atoms with van der Waals surface area (Å²) in [7, 11) is 0. The molecule has 1 aromatic rings. The molecule has 0 aromatic carbocycles. The summed E-state index contributed by atoms with van der Waals surface area (Å²) in [6.07, 6.45) is 4.85. The smallest absolute Gasteiger partial charge is 0.203 e. The lowest BCUT2D eigenvalue weighted by Gasteiger charge is -2.30. The molecular formula is C12H19N3. The zero-order valence-electron chi connectivity index (χ0n) is 9.64. The van der Waals surface area contributed by atoms with Crippen molar-refractivity contribution in [2.75, 3.05) is 11.9 Å². The maximum atomic E-state index is 4.71. The van der Waals surface area contributed by atoms with Crippen LogP contribution in [0.2, 0.25) is 0 Å². The van der Waals surface area contributed by atoms with Crippen LogP contribution in [0.4, 0.5) is 5.95 Å². The molecule has 1 aliphatic carbocycles. The van der Waals surface area contributed by atoms with E-state index in [0.29, 0.717) is 5.41 Å². The van der Waals surface area contributed by atoms with E-state index < -0.39 is 0 Å². The second-order valence-electron chi connectivity index (χ2n) is 5.60. The lowest BCUT2D eigenvalue weighted by atomic mass is 9.78. The normalized spacial score (nSPS) is 22.8. The van der Waals surface area contributed by atoms with Crippen molar-refractivity contribution in [1.29, 1.82) is 0 Å². The summed E-state index contributed by atoms with van der Waals surface area (Å²) in [5.41, 5.74) is 3.30. The van der Waals surface area contributed by atoms with Crippen LogP contribution in [0.5, 0.6) is 0 Å². The van der Waals surface area contributed by atoms with Crippen LogP contribution in [-0.2, 0) is 19.4 Å². The van der Waals surface area contributed by atoms with Crippen molar-refractivity contribution in [1.82, 2.24) is 9.55 Å². The molecule has 1 aromatic heterocycles. The number of nitrogens with zero attached hydrogens (tertiary/aromatic N) is 2. The molecule has 0 amide bonds. The third kappa shape index (κ3) is 1.45. The first-order chi connectivity index (χ1) is 7.16. The van der Waals surface area contributed by atoms with Gasteiger partial charge in [0.1, 0.15) is 0 Å². The molecule has 0 atom stereocenters. The zero-order chi connectivity index (χ0) is 10.5. The van der Waals surface area contributed by atoms with Gasteiger partial charge in [-0.3, -0.25) is 0 Å². The highest BCUT2D eigenvalue weighted by Crippen LogP contribution is 2.36. The zero-order valence-corrected chi connectivity index (χ0v) is 9.64. The number of aromatic nitrogens is 2. The third-order valence-electron chi connectivity index (χ3n) is 3.68. The Labute approximate surface area is 90.9 Å². The molecule has 0 bridgehead atoms.